The van der Waals surface area contributed by atoms with Crippen molar-refractivity contribution in [2.75, 3.05) is 12.2 Å². The van der Waals surface area contributed by atoms with Gasteiger partial charge in [-0.05, 0) is 24.7 Å². The second-order valence-electron chi connectivity index (χ2n) is 4.59. The van der Waals surface area contributed by atoms with Crippen molar-refractivity contribution >= 4 is 9.84 Å². The van der Waals surface area contributed by atoms with Crippen molar-refractivity contribution in [1.29, 1.82) is 0 Å². The predicted octanol–water partition coefficient (Wildman–Crippen LogP) is 1.83. The van der Waals surface area contributed by atoms with Crippen LogP contribution in [-0.2, 0) is 14.6 Å². The van der Waals surface area contributed by atoms with Gasteiger partial charge < -0.3 is 4.74 Å². The van der Waals surface area contributed by atoms with E-state index >= 15 is 0 Å². The smallest absolute Gasteiger partial charge is 0.171 e. The van der Waals surface area contributed by atoms with E-state index in [1.807, 2.05) is 0 Å². The molecular weight excluding hydrogens is 200 g/mol. The van der Waals surface area contributed by atoms with Crippen LogP contribution in [0.15, 0.2) is 0 Å². The lowest BCUT2D eigenvalue weighted by atomic mass is 9.93. The minimum atomic E-state index is -2.98. The van der Waals surface area contributed by atoms with E-state index in [4.69, 9.17) is 4.74 Å². The van der Waals surface area contributed by atoms with Gasteiger partial charge in [-0.2, -0.15) is 0 Å². The molecule has 1 rings (SSSR count). The molecule has 1 aliphatic rings. The molecule has 14 heavy (non-hydrogen) atoms. The van der Waals surface area contributed by atoms with E-state index in [1.165, 1.54) is 12.7 Å². The van der Waals surface area contributed by atoms with Gasteiger partial charge >= 0.3 is 0 Å². The number of rotatable bonds is 4. The summed E-state index contributed by atoms with van der Waals surface area (Å²) >= 11 is 0. The molecule has 1 aliphatic carbocycles. The molecule has 2 atom stereocenters. The SMILES string of the molecule is CC(C)C1CCCC1OCS(C)(=O)=O. The molecule has 1 fully saturated rings. The molecule has 0 saturated heterocycles. The molecule has 0 aromatic rings. The Morgan fingerprint density at radius 1 is 1.36 bits per heavy atom. The fourth-order valence-electron chi connectivity index (χ4n) is 2.14. The zero-order valence-electron chi connectivity index (χ0n) is 9.19. The third-order valence-electron chi connectivity index (χ3n) is 2.86. The number of ether oxygens (including phenoxy) is 1. The van der Waals surface area contributed by atoms with Crippen LogP contribution in [0.25, 0.3) is 0 Å². The van der Waals surface area contributed by atoms with Crippen LogP contribution >= 0.6 is 0 Å². The van der Waals surface area contributed by atoms with E-state index in [-0.39, 0.29) is 12.0 Å². The molecule has 0 N–H and O–H groups in total. The first-order chi connectivity index (χ1) is 6.40. The number of hydrogen-bond donors (Lipinski definition) is 0. The third-order valence-corrected chi connectivity index (χ3v) is 3.42. The molecule has 0 aliphatic heterocycles. The van der Waals surface area contributed by atoms with E-state index in [0.717, 1.165) is 12.8 Å². The van der Waals surface area contributed by atoms with Crippen LogP contribution in [0.2, 0.25) is 0 Å². The fourth-order valence-corrected chi connectivity index (χ4v) is 2.56. The minimum Gasteiger partial charge on any atom is -0.362 e. The molecule has 0 heterocycles. The summed E-state index contributed by atoms with van der Waals surface area (Å²) in [5, 5.41) is 0. The molecule has 0 amide bonds. The van der Waals surface area contributed by atoms with E-state index in [1.54, 1.807) is 0 Å². The lowest BCUT2D eigenvalue weighted by Crippen LogP contribution is -2.25. The maximum absolute atomic E-state index is 10.9. The van der Waals surface area contributed by atoms with E-state index in [0.29, 0.717) is 11.8 Å². The Hall–Kier alpha value is -0.0900. The molecule has 4 heteroatoms. The Morgan fingerprint density at radius 3 is 2.50 bits per heavy atom. The molecule has 0 spiro atoms. The van der Waals surface area contributed by atoms with Gasteiger partial charge in [0.1, 0.15) is 5.94 Å². The second-order valence-corrected chi connectivity index (χ2v) is 6.67. The van der Waals surface area contributed by atoms with Gasteiger partial charge in [0.25, 0.3) is 0 Å². The Balaban J connectivity index is 2.44. The summed E-state index contributed by atoms with van der Waals surface area (Å²) < 4.78 is 27.3. The molecule has 84 valence electrons. The van der Waals surface area contributed by atoms with Gasteiger partial charge in [0.2, 0.25) is 0 Å². The van der Waals surface area contributed by atoms with E-state index in [9.17, 15) is 8.42 Å². The Labute approximate surface area is 86.8 Å². The van der Waals surface area contributed by atoms with Gasteiger partial charge in [0.15, 0.2) is 9.84 Å². The number of hydrogen-bond acceptors (Lipinski definition) is 3. The third kappa shape index (κ3) is 3.58. The van der Waals surface area contributed by atoms with Crippen molar-refractivity contribution in [1.82, 2.24) is 0 Å². The average Bonchev–Trinajstić information content (AvgIpc) is 2.46. The van der Waals surface area contributed by atoms with Crippen molar-refractivity contribution < 1.29 is 13.2 Å². The van der Waals surface area contributed by atoms with Gasteiger partial charge in [-0.25, -0.2) is 8.42 Å². The molecule has 0 aromatic heterocycles. The highest BCUT2D eigenvalue weighted by molar-refractivity contribution is 7.90. The molecule has 0 aromatic carbocycles. The normalized spacial score (nSPS) is 28.6. The summed E-state index contributed by atoms with van der Waals surface area (Å²) in [6.45, 7) is 4.35. The Kier molecular flexibility index (Phi) is 3.95. The minimum absolute atomic E-state index is 0.124. The highest BCUT2D eigenvalue weighted by Crippen LogP contribution is 2.33. The second kappa shape index (κ2) is 4.62. The summed E-state index contributed by atoms with van der Waals surface area (Å²) in [6.07, 6.45) is 4.72. The van der Waals surface area contributed by atoms with Crippen molar-refractivity contribution in [3.05, 3.63) is 0 Å². The molecule has 0 radical (unpaired) electrons. The summed E-state index contributed by atoms with van der Waals surface area (Å²) in [5.74, 6) is 1.000. The van der Waals surface area contributed by atoms with Crippen LogP contribution in [0.4, 0.5) is 0 Å². The van der Waals surface area contributed by atoms with Crippen LogP contribution in [0.5, 0.6) is 0 Å². The van der Waals surface area contributed by atoms with Crippen LogP contribution < -0.4 is 0 Å². The Morgan fingerprint density at radius 2 is 2.00 bits per heavy atom. The molecule has 1 saturated carbocycles. The maximum Gasteiger partial charge on any atom is 0.171 e. The molecular formula is C10H20O3S. The zero-order valence-corrected chi connectivity index (χ0v) is 10.0. The lowest BCUT2D eigenvalue weighted by molar-refractivity contribution is 0.0413. The summed E-state index contributed by atoms with van der Waals surface area (Å²) in [7, 11) is -2.98. The topological polar surface area (TPSA) is 43.4 Å². The molecule has 0 bridgehead atoms. The first-order valence-corrected chi connectivity index (χ1v) is 7.25. The molecule has 3 nitrogen and oxygen atoms in total. The predicted molar refractivity (Wildman–Crippen MR) is 56.8 cm³/mol. The van der Waals surface area contributed by atoms with Crippen molar-refractivity contribution in [2.24, 2.45) is 11.8 Å². The fraction of sp³-hybridized carbons (Fsp3) is 1.00. The Bertz CT molecular complexity index is 269. The van der Waals surface area contributed by atoms with Gasteiger partial charge in [0, 0.05) is 6.26 Å². The summed E-state index contributed by atoms with van der Waals surface area (Å²) in [5.41, 5.74) is 0. The maximum atomic E-state index is 10.9. The number of sulfone groups is 1. The monoisotopic (exact) mass is 220 g/mol. The van der Waals surface area contributed by atoms with Crippen LogP contribution in [0.1, 0.15) is 33.1 Å². The first-order valence-electron chi connectivity index (χ1n) is 5.19. The summed E-state index contributed by atoms with van der Waals surface area (Å²) in [4.78, 5) is 0. The first kappa shape index (κ1) is 12.0. The zero-order chi connectivity index (χ0) is 10.8. The van der Waals surface area contributed by atoms with Crippen LogP contribution in [-0.4, -0.2) is 26.7 Å². The average molecular weight is 220 g/mol. The lowest BCUT2D eigenvalue weighted by Gasteiger charge is -2.22. The van der Waals surface area contributed by atoms with Crippen LogP contribution in [0.3, 0.4) is 0 Å². The molecule has 2 unspecified atom stereocenters. The quantitative estimate of drug-likeness (QED) is 0.726. The largest absolute Gasteiger partial charge is 0.362 e. The highest BCUT2D eigenvalue weighted by Gasteiger charge is 2.30. The van der Waals surface area contributed by atoms with Gasteiger partial charge in [-0.1, -0.05) is 20.3 Å². The standard InChI is InChI=1S/C10H20O3S/c1-8(2)9-5-4-6-10(9)13-7-14(3,11)12/h8-10H,4-7H2,1-3H3. The van der Waals surface area contributed by atoms with Crippen molar-refractivity contribution in [3.63, 3.8) is 0 Å². The van der Waals surface area contributed by atoms with Gasteiger partial charge in [-0.3, -0.25) is 0 Å². The van der Waals surface area contributed by atoms with Crippen LogP contribution in [0, 0.1) is 11.8 Å². The van der Waals surface area contributed by atoms with Crippen molar-refractivity contribution in [2.45, 2.75) is 39.2 Å². The van der Waals surface area contributed by atoms with E-state index < -0.39 is 9.84 Å². The van der Waals surface area contributed by atoms with E-state index in [2.05, 4.69) is 13.8 Å². The highest BCUT2D eigenvalue weighted by atomic mass is 32.2. The van der Waals surface area contributed by atoms with Crippen molar-refractivity contribution in [3.8, 4) is 0 Å². The van der Waals surface area contributed by atoms with Gasteiger partial charge in [0.05, 0.1) is 6.10 Å². The summed E-state index contributed by atoms with van der Waals surface area (Å²) in [6, 6.07) is 0. The van der Waals surface area contributed by atoms with Gasteiger partial charge in [-0.15, -0.1) is 0 Å².